The molecule has 1 rings (SSSR count). The van der Waals surface area contributed by atoms with Crippen LogP contribution in [0.5, 0.6) is 0 Å². The predicted molar refractivity (Wildman–Crippen MR) is 66.9 cm³/mol. The predicted octanol–water partition coefficient (Wildman–Crippen LogP) is 2.48. The third-order valence-electron chi connectivity index (χ3n) is 3.74. The highest BCUT2D eigenvalue weighted by molar-refractivity contribution is 4.79. The van der Waals surface area contributed by atoms with Crippen molar-refractivity contribution in [2.45, 2.75) is 53.0 Å². The quantitative estimate of drug-likeness (QED) is 0.779. The molecule has 0 saturated carbocycles. The summed E-state index contributed by atoms with van der Waals surface area (Å²) in [6, 6.07) is 0.330. The summed E-state index contributed by atoms with van der Waals surface area (Å²) < 4.78 is 0. The van der Waals surface area contributed by atoms with Crippen LogP contribution in [0.15, 0.2) is 0 Å². The Morgan fingerprint density at radius 1 is 1.27 bits per heavy atom. The van der Waals surface area contributed by atoms with Crippen LogP contribution >= 0.6 is 0 Å². The van der Waals surface area contributed by atoms with E-state index in [0.717, 1.165) is 12.3 Å². The van der Waals surface area contributed by atoms with E-state index in [0.29, 0.717) is 6.04 Å². The molecule has 2 N–H and O–H groups in total. The first-order valence-corrected chi connectivity index (χ1v) is 6.37. The minimum atomic E-state index is 0.253. The molecule has 15 heavy (non-hydrogen) atoms. The number of hydrogen-bond donors (Lipinski definition) is 1. The highest BCUT2D eigenvalue weighted by Gasteiger charge is 2.22. The number of nitrogens with zero attached hydrogens (tertiary/aromatic N) is 1. The fraction of sp³-hybridized carbons (Fsp3) is 1.00. The summed E-state index contributed by atoms with van der Waals surface area (Å²) in [4.78, 5) is 2.58. The van der Waals surface area contributed by atoms with E-state index in [-0.39, 0.29) is 5.41 Å². The molecule has 1 heterocycles. The Balaban J connectivity index is 2.20. The summed E-state index contributed by atoms with van der Waals surface area (Å²) >= 11 is 0. The lowest BCUT2D eigenvalue weighted by Crippen LogP contribution is -2.40. The molecule has 1 aliphatic heterocycles. The maximum atomic E-state index is 6.17. The second-order valence-electron chi connectivity index (χ2n) is 6.29. The van der Waals surface area contributed by atoms with Gasteiger partial charge in [0.05, 0.1) is 0 Å². The first kappa shape index (κ1) is 13.0. The Kier molecular flexibility index (Phi) is 4.60. The van der Waals surface area contributed by atoms with E-state index in [2.05, 4.69) is 32.6 Å². The van der Waals surface area contributed by atoms with Crippen LogP contribution in [-0.4, -0.2) is 30.6 Å². The first-order valence-electron chi connectivity index (χ1n) is 6.37. The smallest absolute Gasteiger partial charge is 0.00998 e. The van der Waals surface area contributed by atoms with Crippen LogP contribution in [0.4, 0.5) is 0 Å². The molecule has 90 valence electrons. The zero-order valence-electron chi connectivity index (χ0n) is 10.9. The van der Waals surface area contributed by atoms with Crippen LogP contribution < -0.4 is 5.73 Å². The lowest BCUT2D eigenvalue weighted by Gasteiger charge is -2.33. The largest absolute Gasteiger partial charge is 0.327 e. The molecule has 0 aromatic rings. The van der Waals surface area contributed by atoms with E-state index in [1.165, 1.54) is 32.5 Å². The summed E-state index contributed by atoms with van der Waals surface area (Å²) in [5.74, 6) is 0.928. The van der Waals surface area contributed by atoms with Crippen LogP contribution in [0.1, 0.15) is 47.0 Å². The highest BCUT2D eigenvalue weighted by atomic mass is 15.1. The maximum absolute atomic E-state index is 6.17. The van der Waals surface area contributed by atoms with Crippen molar-refractivity contribution in [3.63, 3.8) is 0 Å². The van der Waals surface area contributed by atoms with Crippen molar-refractivity contribution < 1.29 is 0 Å². The van der Waals surface area contributed by atoms with Gasteiger partial charge in [0.15, 0.2) is 0 Å². The third-order valence-corrected chi connectivity index (χ3v) is 3.74. The molecule has 1 fully saturated rings. The first-order chi connectivity index (χ1) is 6.89. The molecule has 2 nitrogen and oxygen atoms in total. The van der Waals surface area contributed by atoms with Crippen molar-refractivity contribution in [2.75, 3.05) is 19.6 Å². The van der Waals surface area contributed by atoms with Crippen molar-refractivity contribution >= 4 is 0 Å². The maximum Gasteiger partial charge on any atom is 0.00998 e. The molecule has 0 aromatic heterocycles. The topological polar surface area (TPSA) is 29.3 Å². The molecule has 1 aliphatic rings. The number of likely N-dealkylation sites (tertiary alicyclic amines) is 1. The Bertz CT molecular complexity index is 175. The standard InChI is InChI=1S/C13H28N2/c1-11-5-8-15(9-6-11)10-7-12(14)13(2,3)4/h11-12H,5-10,14H2,1-4H3. The molecule has 0 amide bonds. The molecule has 1 saturated heterocycles. The lowest BCUT2D eigenvalue weighted by molar-refractivity contribution is 0.174. The Labute approximate surface area is 95.2 Å². The van der Waals surface area contributed by atoms with Gasteiger partial charge in [-0.1, -0.05) is 27.7 Å². The van der Waals surface area contributed by atoms with Gasteiger partial charge in [0.1, 0.15) is 0 Å². The summed E-state index contributed by atoms with van der Waals surface area (Å²) in [5.41, 5.74) is 6.42. The summed E-state index contributed by atoms with van der Waals surface area (Å²) in [6.45, 7) is 12.8. The fourth-order valence-electron chi connectivity index (χ4n) is 2.04. The number of hydrogen-bond acceptors (Lipinski definition) is 2. The van der Waals surface area contributed by atoms with Gasteiger partial charge in [0, 0.05) is 6.04 Å². The Morgan fingerprint density at radius 3 is 2.27 bits per heavy atom. The minimum absolute atomic E-state index is 0.253. The van der Waals surface area contributed by atoms with Crippen molar-refractivity contribution in [3.05, 3.63) is 0 Å². The average Bonchev–Trinajstić information content (AvgIpc) is 2.15. The SMILES string of the molecule is CC1CCN(CCC(N)C(C)(C)C)CC1. The molecule has 1 atom stereocenters. The summed E-state index contributed by atoms with van der Waals surface area (Å²) in [7, 11) is 0. The molecule has 0 radical (unpaired) electrons. The van der Waals surface area contributed by atoms with Crippen LogP contribution in [0.3, 0.4) is 0 Å². The van der Waals surface area contributed by atoms with Gasteiger partial charge in [0.25, 0.3) is 0 Å². The van der Waals surface area contributed by atoms with Crippen LogP contribution in [-0.2, 0) is 0 Å². The van der Waals surface area contributed by atoms with Gasteiger partial charge < -0.3 is 10.6 Å². The van der Waals surface area contributed by atoms with Crippen molar-refractivity contribution in [3.8, 4) is 0 Å². The molecule has 0 spiro atoms. The van der Waals surface area contributed by atoms with E-state index in [1.54, 1.807) is 0 Å². The molecule has 2 heteroatoms. The van der Waals surface area contributed by atoms with Gasteiger partial charge >= 0.3 is 0 Å². The van der Waals surface area contributed by atoms with Crippen LogP contribution in [0.2, 0.25) is 0 Å². The Hall–Kier alpha value is -0.0800. The molecular formula is C13H28N2. The summed E-state index contributed by atoms with van der Waals surface area (Å²) in [5, 5.41) is 0. The summed E-state index contributed by atoms with van der Waals surface area (Å²) in [6.07, 6.45) is 3.87. The number of rotatable bonds is 3. The number of piperidine rings is 1. The molecule has 0 aromatic carbocycles. The number of nitrogens with two attached hydrogens (primary N) is 1. The molecule has 0 bridgehead atoms. The monoisotopic (exact) mass is 212 g/mol. The van der Waals surface area contributed by atoms with Gasteiger partial charge in [-0.05, 0) is 50.2 Å². The zero-order valence-corrected chi connectivity index (χ0v) is 10.9. The normalized spacial score (nSPS) is 23.0. The molecule has 1 unspecified atom stereocenters. The average molecular weight is 212 g/mol. The van der Waals surface area contributed by atoms with E-state index >= 15 is 0 Å². The lowest BCUT2D eigenvalue weighted by atomic mass is 9.85. The van der Waals surface area contributed by atoms with Gasteiger partial charge in [0.2, 0.25) is 0 Å². The van der Waals surface area contributed by atoms with Crippen LogP contribution in [0.25, 0.3) is 0 Å². The van der Waals surface area contributed by atoms with E-state index in [4.69, 9.17) is 5.73 Å². The van der Waals surface area contributed by atoms with E-state index < -0.39 is 0 Å². The van der Waals surface area contributed by atoms with E-state index in [1.807, 2.05) is 0 Å². The van der Waals surface area contributed by atoms with Gasteiger partial charge in [-0.25, -0.2) is 0 Å². The Morgan fingerprint density at radius 2 is 1.80 bits per heavy atom. The third kappa shape index (κ3) is 4.52. The molecular weight excluding hydrogens is 184 g/mol. The van der Waals surface area contributed by atoms with Crippen molar-refractivity contribution in [1.82, 2.24) is 4.90 Å². The van der Waals surface area contributed by atoms with Crippen LogP contribution in [0, 0.1) is 11.3 Å². The minimum Gasteiger partial charge on any atom is -0.327 e. The zero-order chi connectivity index (χ0) is 11.5. The van der Waals surface area contributed by atoms with Crippen molar-refractivity contribution in [2.24, 2.45) is 17.1 Å². The second-order valence-corrected chi connectivity index (χ2v) is 6.29. The highest BCUT2D eigenvalue weighted by Crippen LogP contribution is 2.21. The van der Waals surface area contributed by atoms with Gasteiger partial charge in [-0.15, -0.1) is 0 Å². The fourth-order valence-corrected chi connectivity index (χ4v) is 2.04. The molecule has 0 aliphatic carbocycles. The van der Waals surface area contributed by atoms with Gasteiger partial charge in [-0.3, -0.25) is 0 Å². The van der Waals surface area contributed by atoms with Crippen molar-refractivity contribution in [1.29, 1.82) is 0 Å². The second kappa shape index (κ2) is 5.31. The van der Waals surface area contributed by atoms with E-state index in [9.17, 15) is 0 Å². The van der Waals surface area contributed by atoms with Gasteiger partial charge in [-0.2, -0.15) is 0 Å².